The number of fused-ring (bicyclic) bond motifs is 2. The number of sulfonamides is 1. The van der Waals surface area contributed by atoms with Crippen LogP contribution in [0.3, 0.4) is 0 Å². The van der Waals surface area contributed by atoms with E-state index in [1.807, 2.05) is 0 Å². The molecule has 2 aromatic heterocycles. The number of hydrogen-bond donors (Lipinski definition) is 2. The van der Waals surface area contributed by atoms with Crippen LogP contribution in [-0.2, 0) is 14.8 Å². The van der Waals surface area contributed by atoms with Crippen LogP contribution < -0.4 is 16.2 Å². The molecule has 0 unspecified atom stereocenters. The van der Waals surface area contributed by atoms with Crippen molar-refractivity contribution in [1.82, 2.24) is 14.2 Å². The Balaban J connectivity index is 1.45. The zero-order chi connectivity index (χ0) is 35.4. The van der Waals surface area contributed by atoms with Gasteiger partial charge in [-0.3, -0.25) is 4.79 Å². The molecular formula is C35H37F2N5O6S. The molecule has 49 heavy (non-hydrogen) atoms. The fourth-order valence-electron chi connectivity index (χ4n) is 6.35. The molecular weight excluding hydrogens is 656 g/mol. The molecule has 0 radical (unpaired) electrons. The van der Waals surface area contributed by atoms with E-state index in [9.17, 15) is 22.4 Å². The van der Waals surface area contributed by atoms with Gasteiger partial charge in [0.2, 0.25) is 0 Å². The average Bonchev–Trinajstić information content (AvgIpc) is 3.64. The minimum Gasteiger partial charge on any atom is -0.455 e. The summed E-state index contributed by atoms with van der Waals surface area (Å²) in [4.78, 5) is 26.6. The predicted octanol–water partition coefficient (Wildman–Crippen LogP) is 6.35. The Morgan fingerprint density at radius 2 is 1.80 bits per heavy atom. The number of anilines is 1. The number of rotatable bonds is 6. The number of nitrogens with zero attached hydrogens (tertiary/aromatic N) is 3. The second-order valence-electron chi connectivity index (χ2n) is 13.1. The third-order valence-electron chi connectivity index (χ3n) is 8.52. The first-order valence-electron chi connectivity index (χ1n) is 15.7. The number of hydrazine groups is 1. The highest BCUT2D eigenvalue weighted by atomic mass is 32.2. The number of hydrogen-bond acceptors (Lipinski definition) is 8. The Labute approximate surface area is 282 Å². The van der Waals surface area contributed by atoms with Crippen LogP contribution in [0.4, 0.5) is 19.3 Å². The van der Waals surface area contributed by atoms with E-state index >= 15 is 4.39 Å². The van der Waals surface area contributed by atoms with Gasteiger partial charge in [0, 0.05) is 49.6 Å². The van der Waals surface area contributed by atoms with Gasteiger partial charge >= 0.3 is 6.09 Å². The quantitative estimate of drug-likeness (QED) is 0.155. The molecule has 1 fully saturated rings. The first-order chi connectivity index (χ1) is 23.1. The summed E-state index contributed by atoms with van der Waals surface area (Å²) in [7, 11) is -1.25. The van der Waals surface area contributed by atoms with Crippen LogP contribution in [0.15, 0.2) is 70.1 Å². The topological polar surface area (TPSA) is 140 Å². The lowest BCUT2D eigenvalue weighted by molar-refractivity contribution is 0.0528. The minimum atomic E-state index is -4.38. The smallest absolute Gasteiger partial charge is 0.420 e. The van der Waals surface area contributed by atoms with Gasteiger partial charge in [0.25, 0.3) is 15.9 Å². The Hall–Kier alpha value is -4.79. The van der Waals surface area contributed by atoms with Crippen LogP contribution in [0.5, 0.6) is 0 Å². The summed E-state index contributed by atoms with van der Waals surface area (Å²) in [6.45, 7) is 5.06. The van der Waals surface area contributed by atoms with Crippen molar-refractivity contribution in [2.45, 2.75) is 50.2 Å². The van der Waals surface area contributed by atoms with Gasteiger partial charge in [0.1, 0.15) is 28.6 Å². The van der Waals surface area contributed by atoms with Gasteiger partial charge in [-0.2, -0.15) is 4.31 Å². The molecule has 0 bridgehead atoms. The molecule has 0 saturated carbocycles. The summed E-state index contributed by atoms with van der Waals surface area (Å²) in [5.41, 5.74) is 1.14. The number of carbonyl (C=O) groups is 2. The summed E-state index contributed by atoms with van der Waals surface area (Å²) in [6.07, 6.45) is 0.0291. The maximum atomic E-state index is 15.2. The highest BCUT2D eigenvalue weighted by Crippen LogP contribution is 2.42. The molecule has 14 heteroatoms. The van der Waals surface area contributed by atoms with Gasteiger partial charge in [-0.05, 0) is 87.6 Å². The summed E-state index contributed by atoms with van der Waals surface area (Å²) in [6, 6.07) is 14.5. The highest BCUT2D eigenvalue weighted by Gasteiger charge is 2.37. The van der Waals surface area contributed by atoms with Crippen LogP contribution >= 0.6 is 0 Å². The minimum absolute atomic E-state index is 0.00494. The van der Waals surface area contributed by atoms with Gasteiger partial charge in [0.15, 0.2) is 5.03 Å². The van der Waals surface area contributed by atoms with Gasteiger partial charge < -0.3 is 19.5 Å². The average molecular weight is 694 g/mol. The van der Waals surface area contributed by atoms with Crippen LogP contribution in [0, 0.1) is 11.6 Å². The van der Waals surface area contributed by atoms with E-state index in [4.69, 9.17) is 15.0 Å². The maximum Gasteiger partial charge on any atom is 0.420 e. The summed E-state index contributed by atoms with van der Waals surface area (Å²) in [5.74, 6) is 4.51. The van der Waals surface area contributed by atoms with Crippen molar-refractivity contribution >= 4 is 49.6 Å². The van der Waals surface area contributed by atoms with E-state index < -0.39 is 50.2 Å². The third kappa shape index (κ3) is 6.27. The number of aromatic nitrogens is 1. The summed E-state index contributed by atoms with van der Waals surface area (Å²) >= 11 is 0. The molecule has 258 valence electrons. The lowest BCUT2D eigenvalue weighted by Crippen LogP contribution is -2.41. The molecule has 3 N–H and O–H groups in total. The molecule has 3 heterocycles. The van der Waals surface area contributed by atoms with E-state index in [2.05, 4.69) is 5.32 Å². The SMILES string of the molecule is CNC(=O)c1c(-c2ccc(F)cc2)oc2cc(N(C)N)c([C@H]3CCCN(S(=O)(=O)c4cc5cccc(F)c5n4C(=O)OC(C)(C)C)C3)cc12. The molecule has 0 aliphatic carbocycles. The predicted molar refractivity (Wildman–Crippen MR) is 182 cm³/mol. The fraction of sp³-hybridized carbons (Fsp3) is 0.314. The van der Waals surface area contributed by atoms with Gasteiger partial charge in [0.05, 0.1) is 16.8 Å². The van der Waals surface area contributed by atoms with E-state index in [0.29, 0.717) is 40.6 Å². The number of furan rings is 1. The highest BCUT2D eigenvalue weighted by molar-refractivity contribution is 7.89. The normalized spacial score (nSPS) is 15.9. The Morgan fingerprint density at radius 3 is 2.45 bits per heavy atom. The molecule has 6 rings (SSSR count). The van der Waals surface area contributed by atoms with Crippen LogP contribution in [0.25, 0.3) is 33.2 Å². The fourth-order valence-corrected chi connectivity index (χ4v) is 8.04. The van der Waals surface area contributed by atoms with Crippen molar-refractivity contribution in [1.29, 1.82) is 0 Å². The molecule has 0 spiro atoms. The van der Waals surface area contributed by atoms with E-state index in [-0.39, 0.29) is 35.3 Å². The second kappa shape index (κ2) is 12.6. The molecule has 5 aromatic rings. The van der Waals surface area contributed by atoms with Crippen LogP contribution in [-0.4, -0.2) is 62.1 Å². The monoisotopic (exact) mass is 693 g/mol. The number of benzene rings is 3. The van der Waals surface area contributed by atoms with Crippen LogP contribution in [0.1, 0.15) is 55.5 Å². The van der Waals surface area contributed by atoms with Crippen molar-refractivity contribution < 1.29 is 35.9 Å². The number of nitrogens with one attached hydrogen (secondary N) is 1. The van der Waals surface area contributed by atoms with E-state index in [0.717, 1.165) is 10.6 Å². The standard InChI is InChI=1S/C35H37F2N5O6S/c1-35(2,3)48-34(44)42-29(16-21-8-6-10-26(37)31(21)42)49(45,46)41-15-7-9-22(19-41)24-17-25-28(18-27(24)40(5)38)47-32(30(25)33(43)39-4)20-11-13-23(36)14-12-20/h6,8,10-14,16-18,22H,7,9,15,19,38H2,1-5H3,(H,39,43)/t22-/m0/s1. The Morgan fingerprint density at radius 1 is 1.08 bits per heavy atom. The molecule has 1 atom stereocenters. The number of carbonyl (C=O) groups excluding carboxylic acids is 2. The van der Waals surface area contributed by atoms with Gasteiger partial charge in [-0.15, -0.1) is 0 Å². The summed E-state index contributed by atoms with van der Waals surface area (Å²) in [5, 5.41) is 4.33. The maximum absolute atomic E-state index is 15.2. The molecule has 1 saturated heterocycles. The van der Waals surface area contributed by atoms with Gasteiger partial charge in [-0.25, -0.2) is 32.4 Å². The van der Waals surface area contributed by atoms with Crippen molar-refractivity contribution in [2.75, 3.05) is 32.2 Å². The molecule has 11 nitrogen and oxygen atoms in total. The van der Waals surface area contributed by atoms with Crippen molar-refractivity contribution in [3.63, 3.8) is 0 Å². The number of nitrogens with two attached hydrogens (primary N) is 1. The molecule has 1 aliphatic rings. The third-order valence-corrected chi connectivity index (χ3v) is 10.4. The largest absolute Gasteiger partial charge is 0.455 e. The first kappa shape index (κ1) is 34.1. The zero-order valence-electron chi connectivity index (χ0n) is 27.7. The Kier molecular flexibility index (Phi) is 8.76. The van der Waals surface area contributed by atoms with E-state index in [1.165, 1.54) is 58.8 Å². The lowest BCUT2D eigenvalue weighted by atomic mass is 9.88. The second-order valence-corrected chi connectivity index (χ2v) is 15.0. The summed E-state index contributed by atoms with van der Waals surface area (Å²) < 4.78 is 71.4. The van der Waals surface area contributed by atoms with Crippen molar-refractivity contribution in [2.24, 2.45) is 5.84 Å². The van der Waals surface area contributed by atoms with Crippen molar-refractivity contribution in [3.8, 4) is 11.3 Å². The Bertz CT molecular complexity index is 2200. The number of ether oxygens (including phenoxy) is 1. The molecule has 3 aromatic carbocycles. The van der Waals surface area contributed by atoms with Gasteiger partial charge in [-0.1, -0.05) is 12.1 Å². The van der Waals surface area contributed by atoms with Crippen molar-refractivity contribution in [3.05, 3.63) is 83.4 Å². The molecule has 1 amide bonds. The van der Waals surface area contributed by atoms with Crippen LogP contribution in [0.2, 0.25) is 0 Å². The number of para-hydroxylation sites is 1. The van der Waals surface area contributed by atoms with E-state index in [1.54, 1.807) is 40.0 Å². The zero-order valence-corrected chi connectivity index (χ0v) is 28.5. The number of piperidine rings is 1. The number of amides is 1. The lowest BCUT2D eigenvalue weighted by Gasteiger charge is -2.34. The molecule has 1 aliphatic heterocycles. The number of halogens is 2. The first-order valence-corrected chi connectivity index (χ1v) is 17.1.